The van der Waals surface area contributed by atoms with Crippen LogP contribution in [0.2, 0.25) is 5.02 Å². The second-order valence-electron chi connectivity index (χ2n) is 9.64. The van der Waals surface area contributed by atoms with Gasteiger partial charge in [-0.05, 0) is 44.2 Å². The Morgan fingerprint density at radius 3 is 2.85 bits per heavy atom. The van der Waals surface area contributed by atoms with E-state index in [0.717, 1.165) is 17.3 Å². The first-order valence-electron chi connectivity index (χ1n) is 13.2. The van der Waals surface area contributed by atoms with Gasteiger partial charge in [0.25, 0.3) is 0 Å². The number of benzene rings is 1. The molecule has 0 radical (unpaired) electrons. The quantitative estimate of drug-likeness (QED) is 0.273. The summed E-state index contributed by atoms with van der Waals surface area (Å²) in [6, 6.07) is 1.27. The van der Waals surface area contributed by atoms with Gasteiger partial charge >= 0.3 is 11.9 Å². The van der Waals surface area contributed by atoms with Crippen LogP contribution in [0.25, 0.3) is 0 Å². The first kappa shape index (κ1) is 28.9. The third-order valence-electron chi connectivity index (χ3n) is 7.09. The van der Waals surface area contributed by atoms with Crippen molar-refractivity contribution in [1.82, 2.24) is 20.1 Å². The number of carbonyl (C=O) groups excluding carboxylic acids is 2. The molecule has 9 nitrogen and oxygen atoms in total. The Balaban J connectivity index is 1.54. The van der Waals surface area contributed by atoms with E-state index in [9.17, 15) is 18.4 Å². The number of ether oxygens (including phenoxy) is 2. The van der Waals surface area contributed by atoms with E-state index in [2.05, 4.69) is 10.3 Å². The highest BCUT2D eigenvalue weighted by Gasteiger charge is 2.38. The summed E-state index contributed by atoms with van der Waals surface area (Å²) in [7, 11) is 1.36. The number of rotatable bonds is 9. The number of methoxy groups -OCH3 is 1. The Labute approximate surface area is 244 Å². The van der Waals surface area contributed by atoms with Crippen LogP contribution in [0.4, 0.5) is 8.78 Å². The minimum atomic E-state index is -1.21. The monoisotopic (exact) mass is 603 g/mol. The fourth-order valence-corrected chi connectivity index (χ4v) is 6.00. The second kappa shape index (κ2) is 12.5. The van der Waals surface area contributed by atoms with Gasteiger partial charge in [-0.25, -0.2) is 18.6 Å². The third-order valence-corrected chi connectivity index (χ3v) is 8.25. The van der Waals surface area contributed by atoms with Crippen LogP contribution in [-0.4, -0.2) is 46.3 Å². The molecule has 0 saturated heterocycles. The molecule has 0 fully saturated rings. The van der Waals surface area contributed by atoms with E-state index in [1.165, 1.54) is 24.5 Å². The van der Waals surface area contributed by atoms with E-state index >= 15 is 0 Å². The van der Waals surface area contributed by atoms with Crippen LogP contribution in [0, 0.1) is 17.6 Å². The number of esters is 2. The van der Waals surface area contributed by atoms with Gasteiger partial charge in [0, 0.05) is 47.9 Å². The number of amidine groups is 1. The molecule has 1 aliphatic heterocycles. The van der Waals surface area contributed by atoms with Crippen LogP contribution in [0.5, 0.6) is 0 Å². The van der Waals surface area contributed by atoms with Gasteiger partial charge in [-0.3, -0.25) is 14.5 Å². The van der Waals surface area contributed by atoms with E-state index in [-0.39, 0.29) is 29.6 Å². The van der Waals surface area contributed by atoms with Crippen LogP contribution in [-0.2, 0) is 38.4 Å². The van der Waals surface area contributed by atoms with Crippen LogP contribution in [0.1, 0.15) is 54.1 Å². The number of halogens is 3. The summed E-state index contributed by atoms with van der Waals surface area (Å²) in [4.78, 5) is 34.0. The van der Waals surface area contributed by atoms with Crippen molar-refractivity contribution < 1.29 is 27.8 Å². The van der Waals surface area contributed by atoms with E-state index in [4.69, 9.17) is 31.2 Å². The predicted octanol–water partition coefficient (Wildman–Crippen LogP) is 4.94. The molecule has 13 heteroatoms. The fraction of sp³-hybridized carbons (Fsp3) is 0.393. The van der Waals surface area contributed by atoms with Crippen LogP contribution < -0.4 is 5.32 Å². The highest BCUT2D eigenvalue weighted by Crippen LogP contribution is 2.41. The van der Waals surface area contributed by atoms with Gasteiger partial charge in [0.1, 0.15) is 6.04 Å². The summed E-state index contributed by atoms with van der Waals surface area (Å²) >= 11 is 7.64. The lowest BCUT2D eigenvalue weighted by molar-refractivity contribution is -0.141. The van der Waals surface area contributed by atoms with Crippen molar-refractivity contribution in [3.05, 3.63) is 79.7 Å². The normalized spacial score (nSPS) is 18.4. The van der Waals surface area contributed by atoms with E-state index < -0.39 is 28.7 Å². The summed E-state index contributed by atoms with van der Waals surface area (Å²) in [5.74, 6) is -2.95. The first-order chi connectivity index (χ1) is 19.8. The van der Waals surface area contributed by atoms with Crippen molar-refractivity contribution >= 4 is 40.7 Å². The third kappa shape index (κ3) is 6.03. The van der Waals surface area contributed by atoms with Crippen molar-refractivity contribution in [2.45, 2.75) is 51.6 Å². The fourth-order valence-electron chi connectivity index (χ4n) is 5.16. The lowest BCUT2D eigenvalue weighted by atomic mass is 9.81. The minimum absolute atomic E-state index is 0.115. The molecule has 0 spiro atoms. The summed E-state index contributed by atoms with van der Waals surface area (Å²) < 4.78 is 40.6. The molecule has 1 aliphatic carbocycles. The van der Waals surface area contributed by atoms with Crippen molar-refractivity contribution in [3.63, 3.8) is 0 Å². The molecule has 0 amide bonds. The number of aromatic nitrogens is 3. The predicted molar refractivity (Wildman–Crippen MR) is 149 cm³/mol. The molecule has 41 heavy (non-hydrogen) atoms. The maximum Gasteiger partial charge on any atom is 0.338 e. The zero-order valence-corrected chi connectivity index (χ0v) is 24.0. The maximum atomic E-state index is 14.6. The number of carbonyl (C=O) groups is 2. The largest absolute Gasteiger partial charge is 0.469 e. The number of hydrogen-bond acceptors (Lipinski definition) is 9. The number of aryl methyl sites for hydroxylation is 2. The number of allylic oxidation sites excluding steroid dienone is 1. The number of fused-ring (bicyclic) bond motifs is 1. The second-order valence-corrected chi connectivity index (χ2v) is 10.9. The van der Waals surface area contributed by atoms with Crippen LogP contribution >= 0.6 is 22.9 Å². The van der Waals surface area contributed by atoms with Gasteiger partial charge < -0.3 is 14.8 Å². The molecule has 3 heterocycles. The molecular weight excluding hydrogens is 576 g/mol. The van der Waals surface area contributed by atoms with Gasteiger partial charge in [-0.1, -0.05) is 17.7 Å². The zero-order chi connectivity index (χ0) is 29.1. The van der Waals surface area contributed by atoms with Crippen LogP contribution in [0.15, 0.2) is 46.2 Å². The minimum Gasteiger partial charge on any atom is -0.469 e. The summed E-state index contributed by atoms with van der Waals surface area (Å²) in [5, 5.41) is 9.96. The van der Waals surface area contributed by atoms with E-state index in [1.54, 1.807) is 18.5 Å². The first-order valence-corrected chi connectivity index (χ1v) is 14.5. The van der Waals surface area contributed by atoms with Crippen molar-refractivity contribution in [2.75, 3.05) is 13.7 Å². The summed E-state index contributed by atoms with van der Waals surface area (Å²) in [6.45, 7) is 2.38. The highest BCUT2D eigenvalue weighted by atomic mass is 35.5. The number of nitrogens with one attached hydrogen (secondary N) is 1. The van der Waals surface area contributed by atoms with Gasteiger partial charge in [0.15, 0.2) is 22.5 Å². The van der Waals surface area contributed by atoms with Gasteiger partial charge in [-0.15, -0.1) is 11.3 Å². The number of thiazole rings is 1. The lowest BCUT2D eigenvalue weighted by Crippen LogP contribution is -2.38. The average Bonchev–Trinajstić information content (AvgIpc) is 3.65. The SMILES string of the molecule is CCOC(=O)C1=C(C2CCc3nn(CCCC(=O)OC)cc3C2)NC(c2nccs2)=NC1c1ccc(F)c(F)c1Cl. The summed E-state index contributed by atoms with van der Waals surface area (Å²) in [6.07, 6.45) is 6.39. The molecule has 2 atom stereocenters. The molecule has 5 rings (SSSR count). The molecule has 2 aliphatic rings. The van der Waals surface area contributed by atoms with Crippen molar-refractivity contribution in [1.29, 1.82) is 0 Å². The molecule has 0 saturated carbocycles. The smallest absolute Gasteiger partial charge is 0.338 e. The Morgan fingerprint density at radius 2 is 2.12 bits per heavy atom. The number of nitrogens with zero attached hydrogens (tertiary/aromatic N) is 4. The molecule has 2 aromatic heterocycles. The standard InChI is InChI=1S/C28H28ClF2N5O4S/c1-3-40-28(38)21-24(15-6-9-19-16(13-15)14-36(35-19)11-4-5-20(37)39-2)33-26(27-32-10-12-41-27)34-25(21)17-7-8-18(30)23(31)22(17)29/h7-8,10,12,14-15,25H,3-6,9,11,13H2,1-2H3,(H,33,34). The van der Waals surface area contributed by atoms with Crippen molar-refractivity contribution in [3.8, 4) is 0 Å². The topological polar surface area (TPSA) is 108 Å². The lowest BCUT2D eigenvalue weighted by Gasteiger charge is -2.33. The zero-order valence-electron chi connectivity index (χ0n) is 22.5. The highest BCUT2D eigenvalue weighted by molar-refractivity contribution is 7.11. The Kier molecular flexibility index (Phi) is 8.79. The van der Waals surface area contributed by atoms with Gasteiger partial charge in [-0.2, -0.15) is 5.10 Å². The molecule has 0 bridgehead atoms. The summed E-state index contributed by atoms with van der Waals surface area (Å²) in [5.41, 5.74) is 2.91. The van der Waals surface area contributed by atoms with Gasteiger partial charge in [0.2, 0.25) is 0 Å². The Morgan fingerprint density at radius 1 is 1.29 bits per heavy atom. The van der Waals surface area contributed by atoms with Crippen molar-refractivity contribution in [2.24, 2.45) is 10.9 Å². The number of aliphatic imine (C=N–C) groups is 1. The molecule has 2 unspecified atom stereocenters. The Bertz CT molecular complexity index is 1520. The van der Waals surface area contributed by atoms with Crippen LogP contribution in [0.3, 0.4) is 0 Å². The maximum absolute atomic E-state index is 14.6. The molecule has 216 valence electrons. The van der Waals surface area contributed by atoms with Gasteiger partial charge in [0.05, 0.1) is 30.0 Å². The molecular formula is C28H28ClF2N5O4S. The molecule has 1 aromatic carbocycles. The molecule has 1 N–H and O–H groups in total. The van der Waals surface area contributed by atoms with E-state index in [1.807, 2.05) is 10.9 Å². The average molecular weight is 604 g/mol. The molecule has 3 aromatic rings. The van der Waals surface area contributed by atoms with E-state index in [0.29, 0.717) is 55.2 Å². The number of hydrogen-bond donors (Lipinski definition) is 1. The Hall–Kier alpha value is -3.64.